The zero-order valence-corrected chi connectivity index (χ0v) is 18.2. The number of rotatable bonds is 10. The molecule has 1 aliphatic rings. The van der Waals surface area contributed by atoms with Crippen molar-refractivity contribution in [2.45, 2.75) is 39.7 Å². The molecule has 3 rings (SSSR count). The number of amides is 1. The molecular weight excluding hydrogens is 378 g/mol. The fraction of sp³-hybridized carbons (Fsp3) is 0.375. The van der Waals surface area contributed by atoms with Crippen molar-refractivity contribution >= 4 is 22.9 Å². The molecular formula is C24H31N3O3. The van der Waals surface area contributed by atoms with Gasteiger partial charge in [-0.05, 0) is 43.1 Å². The van der Waals surface area contributed by atoms with Gasteiger partial charge < -0.3 is 25.4 Å². The summed E-state index contributed by atoms with van der Waals surface area (Å²) in [6.45, 7) is 6.12. The molecule has 6 nitrogen and oxygen atoms in total. The number of benzene rings is 2. The molecule has 160 valence electrons. The van der Waals surface area contributed by atoms with Gasteiger partial charge in [-0.2, -0.15) is 0 Å². The van der Waals surface area contributed by atoms with E-state index in [2.05, 4.69) is 47.1 Å². The number of carbonyl (C=O) groups is 1. The van der Waals surface area contributed by atoms with Gasteiger partial charge >= 0.3 is 0 Å². The summed E-state index contributed by atoms with van der Waals surface area (Å²) < 4.78 is 10.8. The van der Waals surface area contributed by atoms with Crippen LogP contribution in [-0.2, 0) is 11.3 Å². The predicted molar refractivity (Wildman–Crippen MR) is 122 cm³/mol. The van der Waals surface area contributed by atoms with Crippen LogP contribution in [0, 0.1) is 0 Å². The lowest BCUT2D eigenvalue weighted by Gasteiger charge is -2.14. The number of nitrogens with one attached hydrogen (secondary N) is 3. The Hall–Kier alpha value is -2.99. The van der Waals surface area contributed by atoms with E-state index in [4.69, 9.17) is 9.47 Å². The number of unbranched alkanes of at least 4 members (excludes halogenated alkanes) is 1. The minimum absolute atomic E-state index is 0.124. The molecule has 1 amide bonds. The minimum atomic E-state index is -0.124. The Kier molecular flexibility index (Phi) is 7.36. The van der Waals surface area contributed by atoms with Crippen molar-refractivity contribution in [3.63, 3.8) is 0 Å². The lowest BCUT2D eigenvalue weighted by atomic mass is 10.0. The van der Waals surface area contributed by atoms with Crippen LogP contribution in [0.1, 0.15) is 44.2 Å². The molecule has 1 aliphatic heterocycles. The van der Waals surface area contributed by atoms with Crippen molar-refractivity contribution < 1.29 is 14.3 Å². The monoisotopic (exact) mass is 409 g/mol. The normalized spacial score (nSPS) is 14.2. The minimum Gasteiger partial charge on any atom is -0.493 e. The number of hydrogen-bond donors (Lipinski definition) is 3. The van der Waals surface area contributed by atoms with Crippen LogP contribution < -0.4 is 25.4 Å². The molecule has 30 heavy (non-hydrogen) atoms. The molecule has 0 saturated carbocycles. The molecule has 0 spiro atoms. The van der Waals surface area contributed by atoms with Gasteiger partial charge in [-0.1, -0.05) is 32.4 Å². The highest BCUT2D eigenvalue weighted by molar-refractivity contribution is 6.32. The summed E-state index contributed by atoms with van der Waals surface area (Å²) in [4.78, 5) is 12.7. The van der Waals surface area contributed by atoms with Gasteiger partial charge in [0.05, 0.1) is 25.5 Å². The molecule has 0 aliphatic carbocycles. The Morgan fingerprint density at radius 1 is 1.03 bits per heavy atom. The molecule has 0 aromatic heterocycles. The van der Waals surface area contributed by atoms with E-state index in [-0.39, 0.29) is 5.91 Å². The molecule has 0 saturated heterocycles. The maximum absolute atomic E-state index is 12.7. The topological polar surface area (TPSA) is 71.6 Å². The number of carbonyl (C=O) groups excluding carboxylic acids is 1. The molecule has 6 heteroatoms. The van der Waals surface area contributed by atoms with Crippen LogP contribution in [0.4, 0.5) is 11.4 Å². The third-order valence-electron chi connectivity index (χ3n) is 5.21. The lowest BCUT2D eigenvalue weighted by molar-refractivity contribution is -0.110. The third-order valence-corrected chi connectivity index (χ3v) is 5.21. The number of allylic oxidation sites excluding steroid dienone is 1. The summed E-state index contributed by atoms with van der Waals surface area (Å²) >= 11 is 0. The van der Waals surface area contributed by atoms with Gasteiger partial charge in [0.15, 0.2) is 11.5 Å². The van der Waals surface area contributed by atoms with Gasteiger partial charge in [0.25, 0.3) is 5.91 Å². The number of methoxy groups -OCH3 is 2. The van der Waals surface area contributed by atoms with Crippen molar-refractivity contribution in [2.24, 2.45) is 0 Å². The Morgan fingerprint density at radius 2 is 1.73 bits per heavy atom. The summed E-state index contributed by atoms with van der Waals surface area (Å²) in [5.41, 5.74) is 5.25. The van der Waals surface area contributed by atoms with Crippen LogP contribution in [0.5, 0.6) is 11.5 Å². The van der Waals surface area contributed by atoms with Gasteiger partial charge in [0, 0.05) is 29.6 Å². The summed E-state index contributed by atoms with van der Waals surface area (Å²) in [6, 6.07) is 12.0. The second kappa shape index (κ2) is 10.2. The SMILES string of the molecule is CCCCNCc1ccc(NC(CC)=C2C(=O)Nc3cc(OC)c(OC)cc32)cc1. The van der Waals surface area contributed by atoms with E-state index < -0.39 is 0 Å². The first kappa shape index (κ1) is 21.7. The first-order chi connectivity index (χ1) is 14.6. The number of fused-ring (bicyclic) bond motifs is 1. The van der Waals surface area contributed by atoms with Crippen LogP contribution in [0.15, 0.2) is 42.1 Å². The summed E-state index contributed by atoms with van der Waals surface area (Å²) in [5.74, 6) is 1.06. The molecule has 2 aromatic rings. The number of anilines is 2. The Labute approximate surface area is 178 Å². The van der Waals surface area contributed by atoms with E-state index in [0.29, 0.717) is 23.5 Å². The molecule has 0 bridgehead atoms. The first-order valence-electron chi connectivity index (χ1n) is 10.5. The Balaban J connectivity index is 1.83. The molecule has 0 fully saturated rings. The van der Waals surface area contributed by atoms with Crippen LogP contribution in [0.2, 0.25) is 0 Å². The summed E-state index contributed by atoms with van der Waals surface area (Å²) in [5, 5.41) is 9.82. The van der Waals surface area contributed by atoms with Gasteiger partial charge in [0.2, 0.25) is 0 Å². The molecule has 2 aromatic carbocycles. The van der Waals surface area contributed by atoms with Gasteiger partial charge in [0.1, 0.15) is 0 Å². The van der Waals surface area contributed by atoms with E-state index in [0.717, 1.165) is 35.7 Å². The highest BCUT2D eigenvalue weighted by atomic mass is 16.5. The van der Waals surface area contributed by atoms with E-state index in [1.54, 1.807) is 20.3 Å². The van der Waals surface area contributed by atoms with Gasteiger partial charge in [-0.3, -0.25) is 4.79 Å². The highest BCUT2D eigenvalue weighted by Crippen LogP contribution is 2.42. The zero-order valence-electron chi connectivity index (χ0n) is 18.2. The van der Waals surface area contributed by atoms with Crippen LogP contribution in [-0.4, -0.2) is 26.7 Å². The smallest absolute Gasteiger partial charge is 0.258 e. The molecule has 3 N–H and O–H groups in total. The standard InChI is InChI=1S/C24H31N3O3/c1-5-7-12-25-15-16-8-10-17(11-9-16)26-19(6-2)23-18-13-21(29-3)22(30-4)14-20(18)27-24(23)28/h8-11,13-14,25-26H,5-7,12,15H2,1-4H3,(H,27,28). The molecule has 1 heterocycles. The molecule has 0 atom stereocenters. The fourth-order valence-electron chi connectivity index (χ4n) is 3.54. The average molecular weight is 410 g/mol. The zero-order chi connectivity index (χ0) is 21.5. The van der Waals surface area contributed by atoms with Crippen LogP contribution >= 0.6 is 0 Å². The Morgan fingerprint density at radius 3 is 2.37 bits per heavy atom. The van der Waals surface area contributed by atoms with Crippen LogP contribution in [0.3, 0.4) is 0 Å². The maximum atomic E-state index is 12.7. The largest absolute Gasteiger partial charge is 0.493 e. The second-order valence-electron chi connectivity index (χ2n) is 7.27. The van der Waals surface area contributed by atoms with E-state index in [1.807, 2.05) is 13.0 Å². The number of hydrogen-bond acceptors (Lipinski definition) is 5. The van der Waals surface area contributed by atoms with E-state index in [9.17, 15) is 4.79 Å². The van der Waals surface area contributed by atoms with Crippen molar-refractivity contribution in [1.82, 2.24) is 5.32 Å². The lowest BCUT2D eigenvalue weighted by Crippen LogP contribution is -2.14. The van der Waals surface area contributed by atoms with Gasteiger partial charge in [-0.25, -0.2) is 0 Å². The van der Waals surface area contributed by atoms with E-state index >= 15 is 0 Å². The van der Waals surface area contributed by atoms with Crippen LogP contribution in [0.25, 0.3) is 5.57 Å². The first-order valence-corrected chi connectivity index (χ1v) is 10.5. The molecule has 0 unspecified atom stereocenters. The Bertz CT molecular complexity index is 920. The average Bonchev–Trinajstić information content (AvgIpc) is 3.09. The second-order valence-corrected chi connectivity index (χ2v) is 7.27. The maximum Gasteiger partial charge on any atom is 0.258 e. The van der Waals surface area contributed by atoms with E-state index in [1.165, 1.54) is 18.4 Å². The highest BCUT2D eigenvalue weighted by Gasteiger charge is 2.29. The fourth-order valence-corrected chi connectivity index (χ4v) is 3.54. The summed E-state index contributed by atoms with van der Waals surface area (Å²) in [7, 11) is 3.18. The van der Waals surface area contributed by atoms with Crippen molar-refractivity contribution in [3.8, 4) is 11.5 Å². The quantitative estimate of drug-likeness (QED) is 0.389. The number of ether oxygens (including phenoxy) is 2. The van der Waals surface area contributed by atoms with Crippen molar-refractivity contribution in [2.75, 3.05) is 31.4 Å². The third kappa shape index (κ3) is 4.76. The predicted octanol–water partition coefficient (Wildman–Crippen LogP) is 4.78. The van der Waals surface area contributed by atoms with Crippen molar-refractivity contribution in [3.05, 3.63) is 53.2 Å². The van der Waals surface area contributed by atoms with Crippen molar-refractivity contribution in [1.29, 1.82) is 0 Å². The molecule has 0 radical (unpaired) electrons. The van der Waals surface area contributed by atoms with Gasteiger partial charge in [-0.15, -0.1) is 0 Å². The summed E-state index contributed by atoms with van der Waals surface area (Å²) in [6.07, 6.45) is 3.07.